The van der Waals surface area contributed by atoms with Crippen molar-refractivity contribution in [2.75, 3.05) is 19.5 Å². The lowest BCUT2D eigenvalue weighted by Gasteiger charge is -2.09. The van der Waals surface area contributed by atoms with Crippen molar-refractivity contribution in [1.29, 1.82) is 0 Å². The minimum absolute atomic E-state index is 0.130. The number of anilines is 1. The zero-order chi connectivity index (χ0) is 17.7. The summed E-state index contributed by atoms with van der Waals surface area (Å²) in [6, 6.07) is 11.5. The van der Waals surface area contributed by atoms with E-state index in [9.17, 15) is 4.79 Å². The fourth-order valence-corrected chi connectivity index (χ4v) is 2.53. The molecule has 0 saturated carbocycles. The summed E-state index contributed by atoms with van der Waals surface area (Å²) in [6.07, 6.45) is 1.82. The number of hydrogen-bond acceptors (Lipinski definition) is 3. The van der Waals surface area contributed by atoms with E-state index in [1.807, 2.05) is 50.3 Å². The average Bonchev–Trinajstić information content (AvgIpc) is 2.53. The second kappa shape index (κ2) is 7.68. The molecule has 0 atom stereocenters. The molecule has 0 unspecified atom stereocenters. The van der Waals surface area contributed by atoms with Gasteiger partial charge < -0.3 is 14.8 Å². The summed E-state index contributed by atoms with van der Waals surface area (Å²) in [5, 5.41) is 2.93. The van der Waals surface area contributed by atoms with E-state index >= 15 is 0 Å². The Hall–Kier alpha value is -2.75. The van der Waals surface area contributed by atoms with Gasteiger partial charge in [-0.2, -0.15) is 0 Å². The molecule has 0 bridgehead atoms. The third-order valence-electron chi connectivity index (χ3n) is 3.63. The number of hydrogen-bond donors (Lipinski definition) is 1. The number of aryl methyl sites for hydroxylation is 2. The lowest BCUT2D eigenvalue weighted by atomic mass is 10.1. The molecule has 0 saturated heterocycles. The molecule has 1 N–H and O–H groups in total. The van der Waals surface area contributed by atoms with E-state index in [-0.39, 0.29) is 5.91 Å². The minimum Gasteiger partial charge on any atom is -0.493 e. The fourth-order valence-electron chi connectivity index (χ4n) is 2.53. The summed E-state index contributed by atoms with van der Waals surface area (Å²) in [4.78, 5) is 12.4. The normalized spacial score (nSPS) is 11.1. The maximum absolute atomic E-state index is 12.4. The number of ether oxygens (including phenoxy) is 2. The van der Waals surface area contributed by atoms with Crippen molar-refractivity contribution >= 4 is 17.7 Å². The highest BCUT2D eigenvalue weighted by atomic mass is 16.5. The molecule has 0 fully saturated rings. The second-order valence-electron chi connectivity index (χ2n) is 5.77. The van der Waals surface area contributed by atoms with Crippen LogP contribution in [0.4, 0.5) is 5.69 Å². The van der Waals surface area contributed by atoms with Crippen LogP contribution in [-0.2, 0) is 4.79 Å². The molecular weight excluding hydrogens is 302 g/mol. The molecule has 126 valence electrons. The molecule has 0 heterocycles. The number of benzene rings is 2. The van der Waals surface area contributed by atoms with Gasteiger partial charge in [0, 0.05) is 11.3 Å². The molecule has 2 rings (SSSR count). The van der Waals surface area contributed by atoms with Crippen LogP contribution < -0.4 is 14.8 Å². The SMILES string of the molecule is COc1ccc(/C=C(\C)C(=O)Nc2cc(C)cc(C)c2)cc1OC. The summed E-state index contributed by atoms with van der Waals surface area (Å²) in [6.45, 7) is 5.80. The van der Waals surface area contributed by atoms with E-state index in [0.717, 1.165) is 22.4 Å². The standard InChI is InChI=1S/C20H23NO3/c1-13-8-14(2)10-17(9-13)21-20(22)15(3)11-16-6-7-18(23-4)19(12-16)24-5/h6-12H,1-5H3,(H,21,22)/b15-11+. The van der Waals surface area contributed by atoms with Crippen molar-refractivity contribution < 1.29 is 14.3 Å². The van der Waals surface area contributed by atoms with Crippen molar-refractivity contribution in [2.24, 2.45) is 0 Å². The quantitative estimate of drug-likeness (QED) is 0.831. The van der Waals surface area contributed by atoms with Crippen LogP contribution in [0, 0.1) is 13.8 Å². The number of nitrogens with one attached hydrogen (secondary N) is 1. The van der Waals surface area contributed by atoms with Crippen molar-refractivity contribution in [3.8, 4) is 11.5 Å². The molecule has 0 spiro atoms. The second-order valence-corrected chi connectivity index (χ2v) is 5.77. The highest BCUT2D eigenvalue weighted by Crippen LogP contribution is 2.28. The topological polar surface area (TPSA) is 47.6 Å². The van der Waals surface area contributed by atoms with Gasteiger partial charge in [0.05, 0.1) is 14.2 Å². The van der Waals surface area contributed by atoms with E-state index in [0.29, 0.717) is 17.1 Å². The summed E-state index contributed by atoms with van der Waals surface area (Å²) >= 11 is 0. The zero-order valence-electron chi connectivity index (χ0n) is 14.8. The Labute approximate surface area is 143 Å². The molecule has 0 aliphatic carbocycles. The molecule has 2 aromatic carbocycles. The summed E-state index contributed by atoms with van der Waals surface area (Å²) in [7, 11) is 3.18. The monoisotopic (exact) mass is 325 g/mol. The summed E-state index contributed by atoms with van der Waals surface area (Å²) < 4.78 is 10.5. The van der Waals surface area contributed by atoms with Gasteiger partial charge in [0.2, 0.25) is 0 Å². The van der Waals surface area contributed by atoms with Gasteiger partial charge in [-0.15, -0.1) is 0 Å². The predicted molar refractivity (Wildman–Crippen MR) is 97.7 cm³/mol. The first-order valence-electron chi connectivity index (χ1n) is 7.73. The number of carbonyl (C=O) groups is 1. The third-order valence-corrected chi connectivity index (χ3v) is 3.63. The molecule has 0 aliphatic rings. The highest BCUT2D eigenvalue weighted by molar-refractivity contribution is 6.06. The van der Waals surface area contributed by atoms with E-state index in [1.165, 1.54) is 0 Å². The first-order chi connectivity index (χ1) is 11.4. The summed E-state index contributed by atoms with van der Waals surface area (Å²) in [5.41, 5.74) is 4.53. The van der Waals surface area contributed by atoms with Gasteiger partial charge >= 0.3 is 0 Å². The van der Waals surface area contributed by atoms with Gasteiger partial charge in [0.1, 0.15) is 0 Å². The molecule has 1 amide bonds. The van der Waals surface area contributed by atoms with Crippen molar-refractivity contribution in [2.45, 2.75) is 20.8 Å². The minimum atomic E-state index is -0.130. The third kappa shape index (κ3) is 4.38. The van der Waals surface area contributed by atoms with Crippen molar-refractivity contribution in [1.82, 2.24) is 0 Å². The van der Waals surface area contributed by atoms with Gasteiger partial charge in [-0.3, -0.25) is 4.79 Å². The lowest BCUT2D eigenvalue weighted by molar-refractivity contribution is -0.112. The molecule has 24 heavy (non-hydrogen) atoms. The van der Waals surface area contributed by atoms with Gasteiger partial charge in [-0.1, -0.05) is 12.1 Å². The summed E-state index contributed by atoms with van der Waals surface area (Å²) in [5.74, 6) is 1.16. The first kappa shape index (κ1) is 17.6. The molecule has 4 nitrogen and oxygen atoms in total. The Kier molecular flexibility index (Phi) is 5.64. The van der Waals surface area contributed by atoms with Crippen molar-refractivity contribution in [3.05, 3.63) is 58.7 Å². The van der Waals surface area contributed by atoms with Crippen LogP contribution in [0.3, 0.4) is 0 Å². The van der Waals surface area contributed by atoms with E-state index in [1.54, 1.807) is 21.1 Å². The molecular formula is C20H23NO3. The smallest absolute Gasteiger partial charge is 0.251 e. The Morgan fingerprint density at radius 1 is 0.958 bits per heavy atom. The number of carbonyl (C=O) groups excluding carboxylic acids is 1. The Morgan fingerprint density at radius 2 is 1.58 bits per heavy atom. The Morgan fingerprint density at radius 3 is 2.17 bits per heavy atom. The molecule has 0 aromatic heterocycles. The van der Waals surface area contributed by atoms with Crippen LogP contribution in [0.1, 0.15) is 23.6 Å². The van der Waals surface area contributed by atoms with E-state index in [4.69, 9.17) is 9.47 Å². The van der Waals surface area contributed by atoms with Crippen LogP contribution >= 0.6 is 0 Å². The van der Waals surface area contributed by atoms with Crippen LogP contribution in [-0.4, -0.2) is 20.1 Å². The maximum Gasteiger partial charge on any atom is 0.251 e. The van der Waals surface area contributed by atoms with Gasteiger partial charge in [-0.25, -0.2) is 0 Å². The van der Waals surface area contributed by atoms with Gasteiger partial charge in [0.25, 0.3) is 5.91 Å². The molecule has 0 aliphatic heterocycles. The lowest BCUT2D eigenvalue weighted by Crippen LogP contribution is -2.12. The van der Waals surface area contributed by atoms with E-state index in [2.05, 4.69) is 11.4 Å². The molecule has 0 radical (unpaired) electrons. The fraction of sp³-hybridized carbons (Fsp3) is 0.250. The van der Waals surface area contributed by atoms with Crippen LogP contribution in [0.5, 0.6) is 11.5 Å². The molecule has 4 heteroatoms. The van der Waals surface area contributed by atoms with Gasteiger partial charge in [0.15, 0.2) is 11.5 Å². The average molecular weight is 325 g/mol. The van der Waals surface area contributed by atoms with E-state index < -0.39 is 0 Å². The van der Waals surface area contributed by atoms with Crippen LogP contribution in [0.15, 0.2) is 42.0 Å². The number of methoxy groups -OCH3 is 2. The largest absolute Gasteiger partial charge is 0.493 e. The maximum atomic E-state index is 12.4. The molecule has 2 aromatic rings. The number of amides is 1. The van der Waals surface area contributed by atoms with Crippen molar-refractivity contribution in [3.63, 3.8) is 0 Å². The van der Waals surface area contributed by atoms with Crippen LogP contribution in [0.25, 0.3) is 6.08 Å². The Bertz CT molecular complexity index is 758. The highest BCUT2D eigenvalue weighted by Gasteiger charge is 2.08. The Balaban J connectivity index is 2.19. The number of rotatable bonds is 5. The zero-order valence-corrected chi connectivity index (χ0v) is 14.8. The predicted octanol–water partition coefficient (Wildman–Crippen LogP) is 4.36. The van der Waals surface area contributed by atoms with Crippen LogP contribution in [0.2, 0.25) is 0 Å². The first-order valence-corrected chi connectivity index (χ1v) is 7.73. The van der Waals surface area contributed by atoms with Gasteiger partial charge in [-0.05, 0) is 67.8 Å².